The van der Waals surface area contributed by atoms with Crippen LogP contribution in [0.3, 0.4) is 0 Å². The summed E-state index contributed by atoms with van der Waals surface area (Å²) in [6.07, 6.45) is 1.31. The number of nitrogens with zero attached hydrogens (tertiary/aromatic N) is 1. The maximum absolute atomic E-state index is 10.5. The number of amides is 2. The van der Waals surface area contributed by atoms with Crippen molar-refractivity contribution in [1.29, 1.82) is 0 Å². The van der Waals surface area contributed by atoms with Crippen LogP contribution < -0.4 is 11.2 Å². The quantitative estimate of drug-likeness (QED) is 0.510. The van der Waals surface area contributed by atoms with Crippen molar-refractivity contribution in [3.05, 3.63) is 53.6 Å². The number of hydrogen-bond acceptors (Lipinski definition) is 4. The number of nitrogens with two attached hydrogens (primary N) is 1. The first-order chi connectivity index (χ1) is 10.1. The number of carbonyl (C=O) groups is 1. The van der Waals surface area contributed by atoms with Crippen LogP contribution in [0.25, 0.3) is 11.1 Å². The fourth-order valence-corrected chi connectivity index (χ4v) is 1.85. The zero-order valence-corrected chi connectivity index (χ0v) is 12.4. The Morgan fingerprint density at radius 2 is 1.95 bits per heavy atom. The third-order valence-electron chi connectivity index (χ3n) is 2.85. The number of phenols is 1. The van der Waals surface area contributed by atoms with E-state index in [1.54, 1.807) is 12.1 Å². The van der Waals surface area contributed by atoms with Crippen LogP contribution in [0.4, 0.5) is 4.79 Å². The average molecular weight is 322 g/mol. The average Bonchev–Trinajstić information content (AvgIpc) is 2.49. The highest BCUT2D eigenvalue weighted by atomic mass is 35.5. The molecule has 0 heterocycles. The van der Waals surface area contributed by atoms with E-state index in [1.165, 1.54) is 12.3 Å². The van der Waals surface area contributed by atoms with Gasteiger partial charge in [-0.25, -0.2) is 10.2 Å². The number of halogens is 1. The SMILES string of the molecule is Cl.NC(=O)N/N=C/c1cc(-c2cccc(CO)c2)ccc1O. The molecule has 0 radical (unpaired) electrons. The zero-order chi connectivity index (χ0) is 15.2. The Hall–Kier alpha value is -2.57. The van der Waals surface area contributed by atoms with Gasteiger partial charge in [0.15, 0.2) is 0 Å². The predicted molar refractivity (Wildman–Crippen MR) is 87.0 cm³/mol. The molecule has 0 bridgehead atoms. The number of aromatic hydroxyl groups is 1. The van der Waals surface area contributed by atoms with Gasteiger partial charge in [-0.1, -0.05) is 24.3 Å². The van der Waals surface area contributed by atoms with Gasteiger partial charge in [0.1, 0.15) is 5.75 Å². The van der Waals surface area contributed by atoms with E-state index in [-0.39, 0.29) is 24.8 Å². The summed E-state index contributed by atoms with van der Waals surface area (Å²) in [6.45, 7) is -0.0389. The van der Waals surface area contributed by atoms with Crippen molar-refractivity contribution in [3.8, 4) is 16.9 Å². The molecule has 0 atom stereocenters. The summed E-state index contributed by atoms with van der Waals surface area (Å²) in [5.74, 6) is 0.0343. The Balaban J connectivity index is 0.00000242. The number of primary amides is 1. The topological polar surface area (TPSA) is 108 Å². The van der Waals surface area contributed by atoms with Gasteiger partial charge in [0.25, 0.3) is 0 Å². The fraction of sp³-hybridized carbons (Fsp3) is 0.0667. The molecule has 0 spiro atoms. The molecule has 6 nitrogen and oxygen atoms in total. The van der Waals surface area contributed by atoms with Crippen LogP contribution in [0.2, 0.25) is 0 Å². The minimum Gasteiger partial charge on any atom is -0.507 e. The van der Waals surface area contributed by atoms with Gasteiger partial charge in [0.2, 0.25) is 0 Å². The van der Waals surface area contributed by atoms with Crippen molar-refractivity contribution in [3.63, 3.8) is 0 Å². The number of hydrazone groups is 1. The van der Waals surface area contributed by atoms with E-state index in [4.69, 9.17) is 10.8 Å². The summed E-state index contributed by atoms with van der Waals surface area (Å²) < 4.78 is 0. The molecule has 0 aliphatic carbocycles. The van der Waals surface area contributed by atoms with Crippen molar-refractivity contribution >= 4 is 24.7 Å². The Labute approximate surface area is 133 Å². The third-order valence-corrected chi connectivity index (χ3v) is 2.85. The Kier molecular flexibility index (Phi) is 6.37. The van der Waals surface area contributed by atoms with Crippen LogP contribution in [-0.4, -0.2) is 22.5 Å². The number of urea groups is 1. The molecule has 22 heavy (non-hydrogen) atoms. The molecule has 5 N–H and O–H groups in total. The lowest BCUT2D eigenvalue weighted by molar-refractivity contribution is 0.249. The molecule has 0 unspecified atom stereocenters. The van der Waals surface area contributed by atoms with Gasteiger partial charge in [-0.3, -0.25) is 0 Å². The van der Waals surface area contributed by atoms with Gasteiger partial charge < -0.3 is 15.9 Å². The maximum atomic E-state index is 10.5. The van der Waals surface area contributed by atoms with Gasteiger partial charge in [-0.2, -0.15) is 5.10 Å². The van der Waals surface area contributed by atoms with Gasteiger partial charge in [0, 0.05) is 5.56 Å². The first-order valence-corrected chi connectivity index (χ1v) is 6.22. The van der Waals surface area contributed by atoms with E-state index in [1.807, 2.05) is 24.3 Å². The molecule has 116 valence electrons. The van der Waals surface area contributed by atoms with Gasteiger partial charge in [0.05, 0.1) is 12.8 Å². The van der Waals surface area contributed by atoms with E-state index < -0.39 is 6.03 Å². The lowest BCUT2D eigenvalue weighted by Crippen LogP contribution is -2.24. The van der Waals surface area contributed by atoms with Crippen LogP contribution in [-0.2, 0) is 6.61 Å². The summed E-state index contributed by atoms with van der Waals surface area (Å²) in [6, 6.07) is 11.6. The lowest BCUT2D eigenvalue weighted by atomic mass is 10.0. The Morgan fingerprint density at radius 3 is 2.64 bits per heavy atom. The molecule has 0 saturated heterocycles. The van der Waals surface area contributed by atoms with E-state index in [0.29, 0.717) is 5.56 Å². The van der Waals surface area contributed by atoms with E-state index in [9.17, 15) is 9.90 Å². The number of phenolic OH excluding ortho intramolecular Hbond substituents is 1. The molecule has 0 aliphatic heterocycles. The molecule has 2 rings (SSSR count). The van der Waals surface area contributed by atoms with Crippen LogP contribution >= 0.6 is 12.4 Å². The van der Waals surface area contributed by atoms with E-state index in [2.05, 4.69) is 10.5 Å². The number of carbonyl (C=O) groups excluding carboxylic acids is 1. The summed E-state index contributed by atoms with van der Waals surface area (Å²) in [5, 5.41) is 22.6. The molecule has 7 heteroatoms. The van der Waals surface area contributed by atoms with Crippen molar-refractivity contribution < 1.29 is 15.0 Å². The smallest absolute Gasteiger partial charge is 0.332 e. The summed E-state index contributed by atoms with van der Waals surface area (Å²) in [4.78, 5) is 10.5. The summed E-state index contributed by atoms with van der Waals surface area (Å²) >= 11 is 0. The summed E-state index contributed by atoms with van der Waals surface area (Å²) in [5.41, 5.74) is 9.95. The highest BCUT2D eigenvalue weighted by Crippen LogP contribution is 2.25. The second-order valence-electron chi connectivity index (χ2n) is 4.37. The number of aliphatic hydroxyl groups is 1. The molecule has 0 aliphatic rings. The largest absolute Gasteiger partial charge is 0.507 e. The molecule has 0 saturated carbocycles. The fourth-order valence-electron chi connectivity index (χ4n) is 1.85. The molecule has 0 aromatic heterocycles. The lowest BCUT2D eigenvalue weighted by Gasteiger charge is -2.06. The molecule has 2 aromatic carbocycles. The minimum absolute atomic E-state index is 0. The number of aliphatic hydroxyl groups excluding tert-OH is 1. The monoisotopic (exact) mass is 321 g/mol. The summed E-state index contributed by atoms with van der Waals surface area (Å²) in [7, 11) is 0. The number of hydrogen-bond donors (Lipinski definition) is 4. The highest BCUT2D eigenvalue weighted by Gasteiger charge is 2.04. The van der Waals surface area contributed by atoms with Crippen molar-refractivity contribution in [1.82, 2.24) is 5.43 Å². The molecule has 0 fully saturated rings. The maximum Gasteiger partial charge on any atom is 0.332 e. The second kappa shape index (κ2) is 8.02. The van der Waals surface area contributed by atoms with Gasteiger partial charge in [-0.05, 0) is 34.9 Å². The molecule has 2 amide bonds. The van der Waals surface area contributed by atoms with Crippen molar-refractivity contribution in [2.75, 3.05) is 0 Å². The first-order valence-electron chi connectivity index (χ1n) is 6.22. The number of benzene rings is 2. The third kappa shape index (κ3) is 4.47. The highest BCUT2D eigenvalue weighted by molar-refractivity contribution is 5.87. The second-order valence-corrected chi connectivity index (χ2v) is 4.37. The van der Waals surface area contributed by atoms with Crippen LogP contribution in [0, 0.1) is 0 Å². The standard InChI is InChI=1S/C15H15N3O3.ClH/c16-15(21)18-17-8-13-7-12(4-5-14(13)20)11-3-1-2-10(6-11)9-19;/h1-8,19-20H,9H2,(H3,16,18,21);1H/b17-8+;. The van der Waals surface area contributed by atoms with E-state index in [0.717, 1.165) is 16.7 Å². The zero-order valence-electron chi connectivity index (χ0n) is 11.6. The number of rotatable bonds is 4. The van der Waals surface area contributed by atoms with Crippen molar-refractivity contribution in [2.24, 2.45) is 10.8 Å². The van der Waals surface area contributed by atoms with Gasteiger partial charge in [-0.15, -0.1) is 12.4 Å². The predicted octanol–water partition coefficient (Wildman–Crippen LogP) is 1.98. The van der Waals surface area contributed by atoms with Crippen LogP contribution in [0.1, 0.15) is 11.1 Å². The molecular weight excluding hydrogens is 306 g/mol. The van der Waals surface area contributed by atoms with Crippen LogP contribution in [0.15, 0.2) is 47.6 Å². The van der Waals surface area contributed by atoms with Crippen LogP contribution in [0.5, 0.6) is 5.75 Å². The minimum atomic E-state index is -0.780. The van der Waals surface area contributed by atoms with Gasteiger partial charge >= 0.3 is 6.03 Å². The Morgan fingerprint density at radius 1 is 1.23 bits per heavy atom. The normalized spacial score (nSPS) is 10.2. The molecular formula is C15H16ClN3O3. The molecule has 2 aromatic rings. The van der Waals surface area contributed by atoms with E-state index >= 15 is 0 Å². The number of nitrogens with one attached hydrogen (secondary N) is 1. The van der Waals surface area contributed by atoms with Crippen molar-refractivity contribution in [2.45, 2.75) is 6.61 Å². The Bertz CT molecular complexity index is 689. The first kappa shape index (κ1) is 17.5.